The Labute approximate surface area is 142 Å². The second kappa shape index (κ2) is 5.72. The number of halogens is 3. The lowest BCUT2D eigenvalue weighted by Crippen LogP contribution is -2.32. The van der Waals surface area contributed by atoms with Crippen molar-refractivity contribution in [3.05, 3.63) is 59.8 Å². The van der Waals surface area contributed by atoms with Gasteiger partial charge in [0.1, 0.15) is 5.75 Å². The van der Waals surface area contributed by atoms with Gasteiger partial charge in [-0.1, -0.05) is 12.1 Å². The van der Waals surface area contributed by atoms with Crippen molar-refractivity contribution in [1.82, 2.24) is 4.98 Å². The van der Waals surface area contributed by atoms with Crippen LogP contribution >= 0.6 is 0 Å². The van der Waals surface area contributed by atoms with Crippen LogP contribution in [0.1, 0.15) is 29.9 Å². The number of alkyl halides is 3. The number of benzene rings is 2. The summed E-state index contributed by atoms with van der Waals surface area (Å²) >= 11 is 0. The van der Waals surface area contributed by atoms with E-state index in [1.54, 1.807) is 18.3 Å². The Hall–Kier alpha value is -2.63. The van der Waals surface area contributed by atoms with E-state index in [1.807, 2.05) is 18.2 Å². The largest absolute Gasteiger partial charge is 0.490 e. The Morgan fingerprint density at radius 3 is 2.44 bits per heavy atom. The van der Waals surface area contributed by atoms with Gasteiger partial charge in [0, 0.05) is 17.1 Å². The minimum Gasteiger partial charge on any atom is -0.490 e. The Balaban J connectivity index is 1.39. The normalized spacial score (nSPS) is 20.4. The van der Waals surface area contributed by atoms with E-state index in [2.05, 4.69) is 4.98 Å². The zero-order valence-corrected chi connectivity index (χ0v) is 13.3. The molecule has 6 heteroatoms. The zero-order valence-electron chi connectivity index (χ0n) is 13.3. The van der Waals surface area contributed by atoms with Crippen molar-refractivity contribution in [2.24, 2.45) is 0 Å². The van der Waals surface area contributed by atoms with Crippen molar-refractivity contribution in [3.63, 3.8) is 0 Å². The number of hydrogen-bond acceptors (Lipinski definition) is 2. The molecule has 25 heavy (non-hydrogen) atoms. The van der Waals surface area contributed by atoms with E-state index in [1.165, 1.54) is 0 Å². The molecule has 0 aliphatic heterocycles. The average molecular weight is 346 g/mol. The van der Waals surface area contributed by atoms with Crippen LogP contribution in [0.3, 0.4) is 0 Å². The van der Waals surface area contributed by atoms with E-state index in [4.69, 9.17) is 10.5 Å². The van der Waals surface area contributed by atoms with E-state index >= 15 is 0 Å². The van der Waals surface area contributed by atoms with Gasteiger partial charge in [0.15, 0.2) is 0 Å². The number of aromatic amines is 1. The first-order chi connectivity index (χ1) is 11.9. The van der Waals surface area contributed by atoms with Crippen LogP contribution in [-0.4, -0.2) is 11.1 Å². The lowest BCUT2D eigenvalue weighted by Gasteiger charge is -2.35. The van der Waals surface area contributed by atoms with E-state index in [0.29, 0.717) is 5.69 Å². The number of nitrogens with one attached hydrogen (secondary N) is 1. The molecule has 3 aromatic rings. The maximum Gasteiger partial charge on any atom is 0.416 e. The summed E-state index contributed by atoms with van der Waals surface area (Å²) < 4.78 is 43.8. The molecule has 0 radical (unpaired) electrons. The van der Waals surface area contributed by atoms with Crippen molar-refractivity contribution >= 4 is 16.6 Å². The molecule has 1 aliphatic carbocycles. The van der Waals surface area contributed by atoms with Crippen LogP contribution in [0.25, 0.3) is 10.9 Å². The molecule has 0 spiro atoms. The molecule has 1 fully saturated rings. The maximum atomic E-state index is 12.6. The van der Waals surface area contributed by atoms with Crippen LogP contribution < -0.4 is 10.5 Å². The highest BCUT2D eigenvalue weighted by molar-refractivity contribution is 5.92. The minimum absolute atomic E-state index is 0.0740. The van der Waals surface area contributed by atoms with Gasteiger partial charge in [-0.15, -0.1) is 0 Å². The summed E-state index contributed by atoms with van der Waals surface area (Å²) in [6.45, 7) is 0. The molecule has 3 nitrogen and oxygen atoms in total. The monoisotopic (exact) mass is 346 g/mol. The number of ether oxygens (including phenoxy) is 1. The summed E-state index contributed by atoms with van der Waals surface area (Å²) in [6.07, 6.45) is -0.871. The van der Waals surface area contributed by atoms with E-state index in [-0.39, 0.29) is 12.0 Å². The third kappa shape index (κ3) is 3.04. The van der Waals surface area contributed by atoms with Gasteiger partial charge >= 0.3 is 6.18 Å². The van der Waals surface area contributed by atoms with E-state index in [9.17, 15) is 13.2 Å². The smallest absolute Gasteiger partial charge is 0.416 e. The summed E-state index contributed by atoms with van der Waals surface area (Å²) in [7, 11) is 0. The molecule has 3 N–H and O–H groups in total. The molecule has 2 aromatic carbocycles. The molecule has 0 saturated heterocycles. The van der Waals surface area contributed by atoms with Gasteiger partial charge in [-0.3, -0.25) is 0 Å². The predicted molar refractivity (Wildman–Crippen MR) is 90.5 cm³/mol. The molecular weight excluding hydrogens is 329 g/mol. The number of rotatable bonds is 3. The van der Waals surface area contributed by atoms with Gasteiger partial charge < -0.3 is 15.5 Å². The van der Waals surface area contributed by atoms with Crippen LogP contribution in [0, 0.1) is 0 Å². The summed E-state index contributed by atoms with van der Waals surface area (Å²) in [6, 6.07) is 11.1. The van der Waals surface area contributed by atoms with Crippen molar-refractivity contribution < 1.29 is 17.9 Å². The van der Waals surface area contributed by atoms with Gasteiger partial charge in [0.2, 0.25) is 0 Å². The fourth-order valence-electron chi connectivity index (χ4n) is 3.27. The number of fused-ring (bicyclic) bond motifs is 1. The SMILES string of the molecule is Nc1c[nH]c2ccc(O[C@H]3C[C@H](c4ccc(C(F)(F)F)cc4)C3)cc12. The molecule has 1 heterocycles. The molecule has 0 amide bonds. The molecule has 130 valence electrons. The number of H-pyrrole nitrogens is 1. The first kappa shape index (κ1) is 15.9. The number of aromatic nitrogens is 1. The van der Waals surface area contributed by atoms with E-state index in [0.717, 1.165) is 47.2 Å². The van der Waals surface area contributed by atoms with Crippen molar-refractivity contribution in [2.45, 2.75) is 31.0 Å². The van der Waals surface area contributed by atoms with E-state index < -0.39 is 11.7 Å². The van der Waals surface area contributed by atoms with Crippen LogP contribution in [0.4, 0.5) is 18.9 Å². The molecule has 0 atom stereocenters. The second-order valence-electron chi connectivity index (χ2n) is 6.48. The first-order valence-corrected chi connectivity index (χ1v) is 8.10. The fraction of sp³-hybridized carbons (Fsp3) is 0.263. The second-order valence-corrected chi connectivity index (χ2v) is 6.48. The topological polar surface area (TPSA) is 51.0 Å². The number of nitrogen functional groups attached to an aromatic ring is 1. The standard InChI is InChI=1S/C19H17F3N2O/c20-19(21,22)13-3-1-11(2-4-13)12-7-15(8-12)25-14-5-6-18-16(9-14)17(23)10-24-18/h1-6,9-10,12,15,24H,7-8,23H2/t12-,15-. The molecular formula is C19H17F3N2O. The van der Waals surface area contributed by atoms with Gasteiger partial charge in [-0.25, -0.2) is 0 Å². The zero-order chi connectivity index (χ0) is 17.6. The fourth-order valence-corrected chi connectivity index (χ4v) is 3.27. The third-order valence-corrected chi connectivity index (χ3v) is 4.79. The van der Waals surface area contributed by atoms with Gasteiger partial charge in [-0.05, 0) is 54.7 Å². The van der Waals surface area contributed by atoms with Crippen LogP contribution in [0.2, 0.25) is 0 Å². The molecule has 0 bridgehead atoms. The Kier molecular flexibility index (Phi) is 3.63. The van der Waals surface area contributed by atoms with Crippen molar-refractivity contribution in [1.29, 1.82) is 0 Å². The molecule has 0 unspecified atom stereocenters. The number of anilines is 1. The highest BCUT2D eigenvalue weighted by Crippen LogP contribution is 2.40. The predicted octanol–water partition coefficient (Wildman–Crippen LogP) is 5.09. The summed E-state index contributed by atoms with van der Waals surface area (Å²) in [4.78, 5) is 3.08. The summed E-state index contributed by atoms with van der Waals surface area (Å²) in [5, 5.41) is 0.927. The Morgan fingerprint density at radius 1 is 1.04 bits per heavy atom. The third-order valence-electron chi connectivity index (χ3n) is 4.79. The number of hydrogen-bond donors (Lipinski definition) is 2. The summed E-state index contributed by atoms with van der Waals surface area (Å²) in [5.41, 5.74) is 7.85. The lowest BCUT2D eigenvalue weighted by atomic mass is 9.77. The Bertz CT molecular complexity index is 893. The highest BCUT2D eigenvalue weighted by Gasteiger charge is 2.34. The van der Waals surface area contributed by atoms with Crippen LogP contribution in [0.15, 0.2) is 48.7 Å². The molecule has 1 aliphatic rings. The number of nitrogens with two attached hydrogens (primary N) is 1. The average Bonchev–Trinajstić information content (AvgIpc) is 2.91. The quantitative estimate of drug-likeness (QED) is 0.694. The Morgan fingerprint density at radius 2 is 1.76 bits per heavy atom. The minimum atomic E-state index is -4.29. The van der Waals surface area contributed by atoms with Gasteiger partial charge in [0.05, 0.1) is 17.4 Å². The first-order valence-electron chi connectivity index (χ1n) is 8.10. The molecule has 4 rings (SSSR count). The highest BCUT2D eigenvalue weighted by atomic mass is 19.4. The molecule has 1 saturated carbocycles. The van der Waals surface area contributed by atoms with Crippen molar-refractivity contribution in [2.75, 3.05) is 5.73 Å². The van der Waals surface area contributed by atoms with Gasteiger partial charge in [-0.2, -0.15) is 13.2 Å². The maximum absolute atomic E-state index is 12.6. The lowest BCUT2D eigenvalue weighted by molar-refractivity contribution is -0.137. The van der Waals surface area contributed by atoms with Crippen molar-refractivity contribution in [3.8, 4) is 5.75 Å². The molecule has 1 aromatic heterocycles. The van der Waals surface area contributed by atoms with Crippen LogP contribution in [0.5, 0.6) is 5.75 Å². The van der Waals surface area contributed by atoms with Crippen LogP contribution in [-0.2, 0) is 6.18 Å². The van der Waals surface area contributed by atoms with Gasteiger partial charge in [0.25, 0.3) is 0 Å². The summed E-state index contributed by atoms with van der Waals surface area (Å²) in [5.74, 6) is 1.00.